The summed E-state index contributed by atoms with van der Waals surface area (Å²) in [5.41, 5.74) is 3.27. The van der Waals surface area contributed by atoms with Crippen LogP contribution in [0, 0.1) is 0 Å². The van der Waals surface area contributed by atoms with Gasteiger partial charge in [-0.1, -0.05) is 25.1 Å². The van der Waals surface area contributed by atoms with Crippen LogP contribution in [0.5, 0.6) is 5.75 Å². The number of aromatic nitrogens is 2. The Bertz CT molecular complexity index is 638. The molecule has 2 aromatic rings. The minimum atomic E-state index is -1.24. The molecule has 0 saturated carbocycles. The Morgan fingerprint density at radius 2 is 2.33 bits per heavy atom. The number of benzene rings is 1. The molecule has 5 heteroatoms. The average molecular weight is 289 g/mol. The summed E-state index contributed by atoms with van der Waals surface area (Å²) in [5, 5.41) is 7.54. The Hall–Kier alpha value is -2.04. The Morgan fingerprint density at radius 1 is 1.48 bits per heavy atom. The van der Waals surface area contributed by atoms with Gasteiger partial charge < -0.3 is 10.1 Å². The molecule has 0 bridgehead atoms. The lowest BCUT2D eigenvalue weighted by molar-refractivity contribution is 0.344. The van der Waals surface area contributed by atoms with Crippen molar-refractivity contribution in [1.82, 2.24) is 9.78 Å². The molecule has 21 heavy (non-hydrogen) atoms. The molecule has 0 amide bonds. The Balaban J connectivity index is 2.04. The van der Waals surface area contributed by atoms with Crippen LogP contribution in [0.1, 0.15) is 36.3 Å². The van der Waals surface area contributed by atoms with E-state index in [1.807, 2.05) is 25.1 Å². The van der Waals surface area contributed by atoms with Crippen molar-refractivity contribution in [2.24, 2.45) is 0 Å². The molecule has 1 unspecified atom stereocenters. The summed E-state index contributed by atoms with van der Waals surface area (Å²) in [6.45, 7) is 3.60. The predicted octanol–water partition coefficient (Wildman–Crippen LogP) is 3.33. The number of alkyl halides is 1. The number of nitrogens with zero attached hydrogens (tertiary/aromatic N) is 2. The first-order valence-electron chi connectivity index (χ1n) is 7.35. The topological polar surface area (TPSA) is 39.1 Å². The van der Waals surface area contributed by atoms with Crippen LogP contribution in [0.15, 0.2) is 24.4 Å². The summed E-state index contributed by atoms with van der Waals surface area (Å²) in [7, 11) is 1.55. The molecule has 1 aliphatic heterocycles. The van der Waals surface area contributed by atoms with Crippen LogP contribution in [-0.2, 0) is 13.0 Å². The van der Waals surface area contributed by atoms with Crippen LogP contribution in [0.4, 0.5) is 10.1 Å². The normalized spacial score (nSPS) is 14.6. The van der Waals surface area contributed by atoms with E-state index in [4.69, 9.17) is 4.74 Å². The third-order valence-electron chi connectivity index (χ3n) is 3.89. The van der Waals surface area contributed by atoms with Gasteiger partial charge in [-0.2, -0.15) is 5.10 Å². The fourth-order valence-corrected chi connectivity index (χ4v) is 2.91. The van der Waals surface area contributed by atoms with Crippen LogP contribution in [0.2, 0.25) is 0 Å². The monoisotopic (exact) mass is 289 g/mol. The number of para-hydroxylation sites is 1. The van der Waals surface area contributed by atoms with Gasteiger partial charge in [0.15, 0.2) is 11.9 Å². The third kappa shape index (κ3) is 2.37. The van der Waals surface area contributed by atoms with Gasteiger partial charge in [0.25, 0.3) is 0 Å². The molecule has 1 aromatic carbocycles. The van der Waals surface area contributed by atoms with E-state index in [1.54, 1.807) is 18.0 Å². The molecule has 112 valence electrons. The van der Waals surface area contributed by atoms with E-state index in [0.717, 1.165) is 25.1 Å². The fourth-order valence-electron chi connectivity index (χ4n) is 2.91. The maximum absolute atomic E-state index is 15.2. The molecule has 3 rings (SSSR count). The SMILES string of the molecule is CCCn1ncc(OC)c1C(F)c1cccc2c1NCC2. The van der Waals surface area contributed by atoms with Gasteiger partial charge >= 0.3 is 0 Å². The molecule has 0 aliphatic carbocycles. The van der Waals surface area contributed by atoms with Crippen LogP contribution < -0.4 is 10.1 Å². The Labute approximate surface area is 123 Å². The first-order chi connectivity index (χ1) is 10.3. The molecule has 1 N–H and O–H groups in total. The lowest BCUT2D eigenvalue weighted by atomic mass is 10.0. The summed E-state index contributed by atoms with van der Waals surface area (Å²) in [6, 6.07) is 5.80. The van der Waals surface area contributed by atoms with Gasteiger partial charge in [-0.25, -0.2) is 4.39 Å². The smallest absolute Gasteiger partial charge is 0.172 e. The molecule has 1 atom stereocenters. The molecule has 2 heterocycles. The quantitative estimate of drug-likeness (QED) is 0.917. The number of hydrogen-bond acceptors (Lipinski definition) is 3. The van der Waals surface area contributed by atoms with Gasteiger partial charge in [-0.15, -0.1) is 0 Å². The second-order valence-electron chi connectivity index (χ2n) is 5.24. The molecule has 1 aromatic heterocycles. The van der Waals surface area contributed by atoms with Crippen LogP contribution in [0.3, 0.4) is 0 Å². The Morgan fingerprint density at radius 3 is 3.10 bits per heavy atom. The highest BCUT2D eigenvalue weighted by Gasteiger charge is 2.27. The second kappa shape index (κ2) is 5.76. The van der Waals surface area contributed by atoms with Crippen molar-refractivity contribution in [1.29, 1.82) is 0 Å². The number of methoxy groups -OCH3 is 1. The highest BCUT2D eigenvalue weighted by molar-refractivity contribution is 5.63. The summed E-state index contributed by atoms with van der Waals surface area (Å²) in [4.78, 5) is 0. The van der Waals surface area contributed by atoms with Gasteiger partial charge in [0.1, 0.15) is 5.69 Å². The zero-order valence-electron chi connectivity index (χ0n) is 12.4. The van der Waals surface area contributed by atoms with E-state index in [-0.39, 0.29) is 0 Å². The number of hydrogen-bond donors (Lipinski definition) is 1. The van der Waals surface area contributed by atoms with Crippen molar-refractivity contribution in [3.05, 3.63) is 41.2 Å². The van der Waals surface area contributed by atoms with Gasteiger partial charge in [0.05, 0.1) is 13.3 Å². The zero-order chi connectivity index (χ0) is 14.8. The predicted molar refractivity (Wildman–Crippen MR) is 80.7 cm³/mol. The second-order valence-corrected chi connectivity index (χ2v) is 5.24. The number of nitrogens with one attached hydrogen (secondary N) is 1. The number of fused-ring (bicyclic) bond motifs is 1. The van der Waals surface area contributed by atoms with E-state index in [2.05, 4.69) is 10.4 Å². The van der Waals surface area contributed by atoms with Crippen molar-refractivity contribution >= 4 is 5.69 Å². The van der Waals surface area contributed by atoms with Crippen LogP contribution in [0.25, 0.3) is 0 Å². The number of halogens is 1. The van der Waals surface area contributed by atoms with E-state index in [1.165, 1.54) is 5.56 Å². The minimum absolute atomic E-state index is 0.501. The molecule has 4 nitrogen and oxygen atoms in total. The van der Waals surface area contributed by atoms with Crippen LogP contribution in [-0.4, -0.2) is 23.4 Å². The van der Waals surface area contributed by atoms with Gasteiger partial charge in [-0.3, -0.25) is 4.68 Å². The molecule has 0 saturated heterocycles. The molecule has 0 spiro atoms. The first-order valence-corrected chi connectivity index (χ1v) is 7.35. The summed E-state index contributed by atoms with van der Waals surface area (Å²) < 4.78 is 22.2. The van der Waals surface area contributed by atoms with Crippen molar-refractivity contribution in [2.45, 2.75) is 32.5 Å². The third-order valence-corrected chi connectivity index (χ3v) is 3.89. The highest BCUT2D eigenvalue weighted by atomic mass is 19.1. The summed E-state index contributed by atoms with van der Waals surface area (Å²) in [5.74, 6) is 0.506. The first kappa shape index (κ1) is 13.9. The maximum Gasteiger partial charge on any atom is 0.172 e. The highest BCUT2D eigenvalue weighted by Crippen LogP contribution is 2.39. The molecule has 1 aliphatic rings. The molecular formula is C16H20FN3O. The van der Waals surface area contributed by atoms with Crippen molar-refractivity contribution in [2.75, 3.05) is 19.0 Å². The fraction of sp³-hybridized carbons (Fsp3) is 0.438. The molecule has 0 fully saturated rings. The number of anilines is 1. The largest absolute Gasteiger partial charge is 0.493 e. The average Bonchev–Trinajstić information content (AvgIpc) is 3.12. The van der Waals surface area contributed by atoms with Crippen LogP contribution >= 0.6 is 0 Å². The molecular weight excluding hydrogens is 269 g/mol. The zero-order valence-corrected chi connectivity index (χ0v) is 12.4. The Kier molecular flexibility index (Phi) is 3.82. The lowest BCUT2D eigenvalue weighted by Crippen LogP contribution is -2.10. The van der Waals surface area contributed by atoms with Gasteiger partial charge in [0, 0.05) is 24.3 Å². The molecule has 0 radical (unpaired) electrons. The number of ether oxygens (including phenoxy) is 1. The summed E-state index contributed by atoms with van der Waals surface area (Å²) >= 11 is 0. The minimum Gasteiger partial charge on any atom is -0.493 e. The van der Waals surface area contributed by atoms with Gasteiger partial charge in [-0.05, 0) is 18.4 Å². The van der Waals surface area contributed by atoms with E-state index < -0.39 is 6.17 Å². The lowest BCUT2D eigenvalue weighted by Gasteiger charge is -2.16. The maximum atomic E-state index is 15.2. The standard InChI is InChI=1S/C16H20FN3O/c1-3-9-20-16(13(21-2)10-19-20)14(17)12-6-4-5-11-7-8-18-15(11)12/h4-6,10,14,18H,3,7-9H2,1-2H3. The van der Waals surface area contributed by atoms with E-state index in [9.17, 15) is 0 Å². The van der Waals surface area contributed by atoms with Crippen molar-refractivity contribution < 1.29 is 9.13 Å². The summed E-state index contributed by atoms with van der Waals surface area (Å²) in [6.07, 6.45) is 2.19. The van der Waals surface area contributed by atoms with Crippen molar-refractivity contribution in [3.8, 4) is 5.75 Å². The van der Waals surface area contributed by atoms with Gasteiger partial charge in [0.2, 0.25) is 0 Å². The van der Waals surface area contributed by atoms with E-state index >= 15 is 4.39 Å². The van der Waals surface area contributed by atoms with E-state index in [0.29, 0.717) is 23.6 Å². The van der Waals surface area contributed by atoms with Crippen molar-refractivity contribution in [3.63, 3.8) is 0 Å². The number of aryl methyl sites for hydroxylation is 1. The number of rotatable bonds is 5.